The molecule has 0 radical (unpaired) electrons. The van der Waals surface area contributed by atoms with E-state index in [0.717, 1.165) is 24.4 Å². The lowest BCUT2D eigenvalue weighted by Crippen LogP contribution is -2.42. The molecule has 0 spiro atoms. The molecule has 0 atom stereocenters. The van der Waals surface area contributed by atoms with E-state index in [4.69, 9.17) is 22.2 Å². The Morgan fingerprint density at radius 1 is 1.37 bits per heavy atom. The minimum Gasteiger partial charge on any atom is -0.385 e. The topological polar surface area (TPSA) is 71.7 Å². The Morgan fingerprint density at radius 3 is 2.74 bits per heavy atom. The number of hydrazine groups is 1. The number of ether oxygens (including phenoxy) is 1. The van der Waals surface area contributed by atoms with E-state index in [9.17, 15) is 0 Å². The highest BCUT2D eigenvalue weighted by molar-refractivity contribution is 6.30. The first-order chi connectivity index (χ1) is 9.26. The maximum atomic E-state index is 5.83. The number of aliphatic imine (C=N–C) groups is 1. The Balaban J connectivity index is 2.27. The molecule has 6 heteroatoms. The number of nitrogens with zero attached hydrogens (tertiary/aromatic N) is 1. The summed E-state index contributed by atoms with van der Waals surface area (Å²) in [5.41, 5.74) is 3.77. The van der Waals surface area contributed by atoms with Crippen LogP contribution in [0, 0.1) is 0 Å². The van der Waals surface area contributed by atoms with Crippen LogP contribution in [0.15, 0.2) is 29.3 Å². The smallest absolute Gasteiger partial charge is 0.205 e. The van der Waals surface area contributed by atoms with E-state index in [1.54, 1.807) is 7.11 Å². The molecule has 1 aromatic rings. The number of guanidine groups is 1. The number of hydrogen-bond acceptors (Lipinski definition) is 3. The van der Waals surface area contributed by atoms with Crippen LogP contribution in [0.1, 0.15) is 12.0 Å². The molecule has 0 saturated heterocycles. The minimum absolute atomic E-state index is 0.602. The van der Waals surface area contributed by atoms with Crippen molar-refractivity contribution in [3.8, 4) is 0 Å². The zero-order valence-electron chi connectivity index (χ0n) is 11.2. The summed E-state index contributed by atoms with van der Waals surface area (Å²) in [5, 5.41) is 3.90. The molecule has 19 heavy (non-hydrogen) atoms. The van der Waals surface area contributed by atoms with Crippen LogP contribution in [0.3, 0.4) is 0 Å². The summed E-state index contributed by atoms with van der Waals surface area (Å²) in [6.45, 7) is 2.14. The van der Waals surface area contributed by atoms with Gasteiger partial charge in [0.05, 0.1) is 0 Å². The Bertz CT molecular complexity index is 381. The minimum atomic E-state index is 0.602. The average Bonchev–Trinajstić information content (AvgIpc) is 2.43. The molecule has 0 bridgehead atoms. The summed E-state index contributed by atoms with van der Waals surface area (Å²) >= 11 is 5.83. The van der Waals surface area contributed by atoms with E-state index in [-0.39, 0.29) is 0 Å². The summed E-state index contributed by atoms with van der Waals surface area (Å²) in [6.07, 6.45) is 1.76. The average molecular weight is 285 g/mol. The first kappa shape index (κ1) is 15.8. The fourth-order valence-electron chi connectivity index (χ4n) is 1.53. The largest absolute Gasteiger partial charge is 0.385 e. The van der Waals surface area contributed by atoms with Gasteiger partial charge in [0.2, 0.25) is 5.96 Å². The third-order valence-corrected chi connectivity index (χ3v) is 2.78. The molecule has 4 N–H and O–H groups in total. The summed E-state index contributed by atoms with van der Waals surface area (Å²) in [5.74, 6) is 6.00. The summed E-state index contributed by atoms with van der Waals surface area (Å²) in [7, 11) is 1.68. The second-order valence-electron chi connectivity index (χ2n) is 4.02. The van der Waals surface area contributed by atoms with Crippen molar-refractivity contribution in [3.05, 3.63) is 34.9 Å². The Labute approximate surface area is 119 Å². The summed E-state index contributed by atoms with van der Waals surface area (Å²) < 4.78 is 4.95. The second kappa shape index (κ2) is 9.61. The van der Waals surface area contributed by atoms with Crippen LogP contribution in [0.5, 0.6) is 0 Å². The van der Waals surface area contributed by atoms with Gasteiger partial charge in [-0.3, -0.25) is 10.4 Å². The van der Waals surface area contributed by atoms with Crippen molar-refractivity contribution >= 4 is 17.6 Å². The molecule has 1 rings (SSSR count). The van der Waals surface area contributed by atoms with E-state index >= 15 is 0 Å². The number of methoxy groups -OCH3 is 1. The first-order valence-electron chi connectivity index (χ1n) is 6.24. The highest BCUT2D eigenvalue weighted by Gasteiger charge is 1.97. The maximum Gasteiger partial charge on any atom is 0.205 e. The lowest BCUT2D eigenvalue weighted by Gasteiger charge is -2.09. The van der Waals surface area contributed by atoms with Crippen LogP contribution in [0.4, 0.5) is 0 Å². The van der Waals surface area contributed by atoms with Crippen molar-refractivity contribution in [2.24, 2.45) is 10.8 Å². The van der Waals surface area contributed by atoms with E-state index in [0.29, 0.717) is 19.1 Å². The van der Waals surface area contributed by atoms with E-state index in [1.165, 1.54) is 5.56 Å². The van der Waals surface area contributed by atoms with Gasteiger partial charge in [-0.1, -0.05) is 23.7 Å². The predicted octanol–water partition coefficient (Wildman–Crippen LogP) is 1.33. The highest BCUT2D eigenvalue weighted by Crippen LogP contribution is 2.09. The van der Waals surface area contributed by atoms with Gasteiger partial charge in [-0.05, 0) is 30.5 Å². The predicted molar refractivity (Wildman–Crippen MR) is 79.3 cm³/mol. The van der Waals surface area contributed by atoms with Gasteiger partial charge < -0.3 is 10.1 Å². The first-order valence-corrected chi connectivity index (χ1v) is 6.62. The summed E-state index contributed by atoms with van der Waals surface area (Å²) in [6, 6.07) is 7.79. The van der Waals surface area contributed by atoms with Crippen LogP contribution in [0.2, 0.25) is 5.02 Å². The van der Waals surface area contributed by atoms with E-state index in [2.05, 4.69) is 15.7 Å². The molecule has 0 aliphatic carbocycles. The van der Waals surface area contributed by atoms with Crippen molar-refractivity contribution in [1.29, 1.82) is 0 Å². The normalized spacial score (nSPS) is 11.4. The highest BCUT2D eigenvalue weighted by atomic mass is 35.5. The SMILES string of the molecule is COCCCN=C(NN)NCCc1ccc(Cl)cc1. The number of hydrogen-bond donors (Lipinski definition) is 3. The molecule has 0 unspecified atom stereocenters. The zero-order chi connectivity index (χ0) is 13.9. The van der Waals surface area contributed by atoms with Gasteiger partial charge in [-0.25, -0.2) is 5.84 Å². The van der Waals surface area contributed by atoms with Crippen LogP contribution in [0.25, 0.3) is 0 Å². The van der Waals surface area contributed by atoms with Crippen LogP contribution < -0.4 is 16.6 Å². The molecule has 0 aliphatic heterocycles. The lowest BCUT2D eigenvalue weighted by atomic mass is 10.1. The zero-order valence-corrected chi connectivity index (χ0v) is 11.9. The fraction of sp³-hybridized carbons (Fsp3) is 0.462. The standard InChI is InChI=1S/C13H21ClN4O/c1-19-10-2-8-16-13(18-15)17-9-7-11-3-5-12(14)6-4-11/h3-6H,2,7-10,15H2,1H3,(H2,16,17,18). The van der Waals surface area contributed by atoms with Crippen molar-refractivity contribution in [3.63, 3.8) is 0 Å². The molecular weight excluding hydrogens is 264 g/mol. The third kappa shape index (κ3) is 7.00. The molecule has 106 valence electrons. The maximum absolute atomic E-state index is 5.83. The van der Waals surface area contributed by atoms with Crippen molar-refractivity contribution < 1.29 is 4.74 Å². The Morgan fingerprint density at radius 2 is 2.11 bits per heavy atom. The number of nitrogens with two attached hydrogens (primary N) is 1. The Kier molecular flexibility index (Phi) is 7.97. The molecule has 0 saturated carbocycles. The molecule has 0 fully saturated rings. The van der Waals surface area contributed by atoms with Crippen molar-refractivity contribution in [2.45, 2.75) is 12.8 Å². The Hall–Kier alpha value is -1.30. The molecular formula is C13H21ClN4O. The third-order valence-electron chi connectivity index (χ3n) is 2.53. The van der Waals surface area contributed by atoms with Gasteiger partial charge in [-0.15, -0.1) is 0 Å². The van der Waals surface area contributed by atoms with Gasteiger partial charge in [0, 0.05) is 31.8 Å². The van der Waals surface area contributed by atoms with E-state index < -0.39 is 0 Å². The molecule has 0 aromatic heterocycles. The van der Waals surface area contributed by atoms with Gasteiger partial charge >= 0.3 is 0 Å². The molecule has 1 aromatic carbocycles. The van der Waals surface area contributed by atoms with Gasteiger partial charge in [0.25, 0.3) is 0 Å². The van der Waals surface area contributed by atoms with E-state index in [1.807, 2.05) is 24.3 Å². The fourth-order valence-corrected chi connectivity index (χ4v) is 1.65. The van der Waals surface area contributed by atoms with Crippen LogP contribution in [-0.4, -0.2) is 32.8 Å². The molecule has 0 aliphatic rings. The van der Waals surface area contributed by atoms with Crippen LogP contribution in [-0.2, 0) is 11.2 Å². The van der Waals surface area contributed by atoms with Gasteiger partial charge in [0.1, 0.15) is 0 Å². The van der Waals surface area contributed by atoms with Gasteiger partial charge in [-0.2, -0.15) is 0 Å². The van der Waals surface area contributed by atoms with Crippen molar-refractivity contribution in [1.82, 2.24) is 10.7 Å². The number of nitrogens with one attached hydrogen (secondary N) is 2. The van der Waals surface area contributed by atoms with Gasteiger partial charge in [0.15, 0.2) is 0 Å². The number of halogens is 1. The number of rotatable bonds is 7. The quantitative estimate of drug-likeness (QED) is 0.232. The lowest BCUT2D eigenvalue weighted by molar-refractivity contribution is 0.197. The van der Waals surface area contributed by atoms with Crippen LogP contribution >= 0.6 is 11.6 Å². The second-order valence-corrected chi connectivity index (χ2v) is 4.46. The monoisotopic (exact) mass is 284 g/mol. The molecule has 5 nitrogen and oxygen atoms in total. The molecule has 0 heterocycles. The van der Waals surface area contributed by atoms with Crippen molar-refractivity contribution in [2.75, 3.05) is 26.8 Å². The summed E-state index contributed by atoms with van der Waals surface area (Å²) in [4.78, 5) is 4.29. The number of benzene rings is 1. The molecule has 0 amide bonds.